The van der Waals surface area contributed by atoms with Crippen LogP contribution in [0.2, 0.25) is 0 Å². The van der Waals surface area contributed by atoms with Crippen molar-refractivity contribution in [2.45, 2.75) is 45.4 Å². The van der Waals surface area contributed by atoms with Gasteiger partial charge in [0.1, 0.15) is 11.7 Å². The first-order chi connectivity index (χ1) is 14.3. The quantitative estimate of drug-likeness (QED) is 0.165. The molecule has 2 rings (SSSR count). The van der Waals surface area contributed by atoms with E-state index in [1.54, 1.807) is 0 Å². The van der Waals surface area contributed by atoms with Gasteiger partial charge in [-0.05, 0) is 32.1 Å². The van der Waals surface area contributed by atoms with E-state index < -0.39 is 32.0 Å². The van der Waals surface area contributed by atoms with E-state index >= 15 is 0 Å². The minimum atomic E-state index is -2.62. The molecule has 30 heavy (non-hydrogen) atoms. The number of aldehydes is 1. The number of unbranched alkanes of at least 4 members (excludes halogenated alkanes) is 2. The third-order valence-corrected chi connectivity index (χ3v) is 5.66. The van der Waals surface area contributed by atoms with Crippen molar-refractivity contribution in [1.82, 2.24) is 10.2 Å². The normalized spacial score (nSPS) is 17.7. The molecule has 1 N–H and O–H groups in total. The topological polar surface area (TPSA) is 145 Å². The third-order valence-electron chi connectivity index (χ3n) is 4.62. The minimum absolute atomic E-state index is 0.217. The van der Waals surface area contributed by atoms with Gasteiger partial charge in [0.15, 0.2) is 0 Å². The first kappa shape index (κ1) is 23.5. The molecule has 0 aromatic carbocycles. The summed E-state index contributed by atoms with van der Waals surface area (Å²) in [6.07, 6.45) is 5.08. The number of hydrogen-bond acceptors (Lipinski definition) is 9. The predicted octanol–water partition coefficient (Wildman–Crippen LogP) is 1.51. The molecule has 164 valence electrons. The Hall–Kier alpha value is -2.81. The molecule has 1 aliphatic carbocycles. The highest BCUT2D eigenvalue weighted by molar-refractivity contribution is 7.43. The Kier molecular flexibility index (Phi) is 8.46. The van der Waals surface area contributed by atoms with Gasteiger partial charge in [0.05, 0.1) is 0 Å². The van der Waals surface area contributed by atoms with Gasteiger partial charge in [-0.1, -0.05) is 6.42 Å². The number of nitrogens with zero attached hydrogens (tertiary/aromatic N) is 1. The molecule has 1 saturated carbocycles. The van der Waals surface area contributed by atoms with Crippen molar-refractivity contribution in [3.8, 4) is 0 Å². The number of carbonyl (C=O) groups excluding carboxylic acids is 6. The maximum atomic E-state index is 12.1. The number of imide groups is 1. The second-order valence-electron chi connectivity index (χ2n) is 6.84. The SMILES string of the molecule is CC(=O)O[P@@](OC(=O)NCCCCCN1C(=O)C=CC1=O)OC(=O)C1(C=O)CCC1. The van der Waals surface area contributed by atoms with E-state index in [2.05, 4.69) is 5.32 Å². The average Bonchev–Trinajstić information content (AvgIpc) is 2.95. The van der Waals surface area contributed by atoms with Gasteiger partial charge in [-0.15, -0.1) is 0 Å². The van der Waals surface area contributed by atoms with Crippen LogP contribution < -0.4 is 5.32 Å². The van der Waals surface area contributed by atoms with Crippen LogP contribution in [0.15, 0.2) is 12.2 Å². The van der Waals surface area contributed by atoms with Gasteiger partial charge in [-0.2, -0.15) is 0 Å². The zero-order valence-electron chi connectivity index (χ0n) is 16.5. The van der Waals surface area contributed by atoms with Crippen molar-refractivity contribution in [2.24, 2.45) is 5.41 Å². The van der Waals surface area contributed by atoms with Gasteiger partial charge in [-0.3, -0.25) is 24.1 Å². The van der Waals surface area contributed by atoms with Crippen LogP contribution in [0.3, 0.4) is 0 Å². The number of carbonyl (C=O) groups is 6. The summed E-state index contributed by atoms with van der Waals surface area (Å²) in [4.78, 5) is 70.3. The Labute approximate surface area is 174 Å². The van der Waals surface area contributed by atoms with E-state index in [0.29, 0.717) is 51.4 Å². The van der Waals surface area contributed by atoms with Crippen LogP contribution in [-0.4, -0.2) is 54.1 Å². The summed E-state index contributed by atoms with van der Waals surface area (Å²) in [7, 11) is -2.62. The van der Waals surface area contributed by atoms with E-state index in [1.807, 2.05) is 0 Å². The van der Waals surface area contributed by atoms with Crippen molar-refractivity contribution in [2.75, 3.05) is 13.1 Å². The number of hydrogen-bond donors (Lipinski definition) is 1. The highest BCUT2D eigenvalue weighted by Gasteiger charge is 2.48. The molecule has 12 heteroatoms. The van der Waals surface area contributed by atoms with Crippen LogP contribution in [0, 0.1) is 5.41 Å². The Balaban J connectivity index is 1.67. The maximum absolute atomic E-state index is 12.1. The molecule has 0 aromatic heterocycles. The molecule has 0 aromatic rings. The van der Waals surface area contributed by atoms with Crippen molar-refractivity contribution in [3.63, 3.8) is 0 Å². The van der Waals surface area contributed by atoms with Gasteiger partial charge in [0, 0.05) is 32.2 Å². The Bertz CT molecular complexity index is 730. The predicted molar refractivity (Wildman–Crippen MR) is 101 cm³/mol. The summed E-state index contributed by atoms with van der Waals surface area (Å²) >= 11 is 0. The lowest BCUT2D eigenvalue weighted by Crippen LogP contribution is -2.40. The molecule has 1 atom stereocenters. The zero-order chi connectivity index (χ0) is 22.1. The molecular weight excluding hydrogens is 419 g/mol. The molecule has 1 heterocycles. The second-order valence-corrected chi connectivity index (χ2v) is 7.84. The highest BCUT2D eigenvalue weighted by Crippen LogP contribution is 2.47. The van der Waals surface area contributed by atoms with Crippen LogP contribution in [0.4, 0.5) is 4.79 Å². The van der Waals surface area contributed by atoms with Gasteiger partial charge < -0.3 is 23.7 Å². The number of nitrogens with one attached hydrogen (secondary N) is 1. The lowest BCUT2D eigenvalue weighted by Gasteiger charge is -2.33. The monoisotopic (exact) mass is 442 g/mol. The zero-order valence-corrected chi connectivity index (χ0v) is 17.4. The molecule has 0 unspecified atom stereocenters. The fourth-order valence-electron chi connectivity index (χ4n) is 2.76. The van der Waals surface area contributed by atoms with Crippen LogP contribution in [0.5, 0.6) is 0 Å². The molecule has 3 amide bonds. The fraction of sp³-hybridized carbons (Fsp3) is 0.556. The smallest absolute Gasteiger partial charge is 0.375 e. The van der Waals surface area contributed by atoms with E-state index in [4.69, 9.17) is 13.6 Å². The molecule has 0 bridgehead atoms. The van der Waals surface area contributed by atoms with Gasteiger partial charge in [0.25, 0.3) is 11.8 Å². The summed E-state index contributed by atoms with van der Waals surface area (Å²) in [6, 6.07) is 0. The summed E-state index contributed by atoms with van der Waals surface area (Å²) in [5.41, 5.74) is -1.27. The highest BCUT2D eigenvalue weighted by atomic mass is 31.2. The van der Waals surface area contributed by atoms with Crippen molar-refractivity contribution < 1.29 is 42.3 Å². The fourth-order valence-corrected chi connectivity index (χ4v) is 3.60. The van der Waals surface area contributed by atoms with E-state index in [0.717, 1.165) is 11.8 Å². The molecule has 0 spiro atoms. The molecule has 1 fully saturated rings. The molecule has 0 radical (unpaired) electrons. The van der Waals surface area contributed by atoms with Gasteiger partial charge in [0.2, 0.25) is 0 Å². The molecule has 0 saturated heterocycles. The first-order valence-corrected chi connectivity index (χ1v) is 10.5. The van der Waals surface area contributed by atoms with Crippen LogP contribution >= 0.6 is 8.60 Å². The summed E-state index contributed by atoms with van der Waals surface area (Å²) in [5.74, 6) is -2.37. The first-order valence-electron chi connectivity index (χ1n) is 9.44. The van der Waals surface area contributed by atoms with Gasteiger partial charge >= 0.3 is 26.6 Å². The van der Waals surface area contributed by atoms with Crippen LogP contribution in [0.25, 0.3) is 0 Å². The summed E-state index contributed by atoms with van der Waals surface area (Å²) in [5, 5.41) is 2.43. The standard InChI is InChI=1S/C18H23N2O9P/c1-13(22)27-30(28-16(25)18(12-21)8-5-9-18)29-17(26)19-10-3-2-4-11-20-14(23)6-7-15(20)24/h6-7,12H,2-5,8-11H2,1H3,(H,19,26)/t30-/m1/s1. The Morgan fingerprint density at radius 3 is 2.30 bits per heavy atom. The summed E-state index contributed by atoms with van der Waals surface area (Å²) in [6.45, 7) is 1.57. The van der Waals surface area contributed by atoms with E-state index in [9.17, 15) is 28.8 Å². The lowest BCUT2D eigenvalue weighted by molar-refractivity contribution is -0.155. The lowest BCUT2D eigenvalue weighted by atomic mass is 9.70. The number of amides is 3. The Morgan fingerprint density at radius 2 is 1.77 bits per heavy atom. The third kappa shape index (κ3) is 6.35. The van der Waals surface area contributed by atoms with Crippen LogP contribution in [0.1, 0.15) is 45.4 Å². The summed E-state index contributed by atoms with van der Waals surface area (Å²) < 4.78 is 14.5. The number of rotatable bonds is 11. The van der Waals surface area contributed by atoms with Crippen LogP contribution in [-0.2, 0) is 37.5 Å². The van der Waals surface area contributed by atoms with E-state index in [1.165, 1.54) is 12.2 Å². The van der Waals surface area contributed by atoms with Crippen molar-refractivity contribution in [3.05, 3.63) is 12.2 Å². The second kappa shape index (κ2) is 10.8. The van der Waals surface area contributed by atoms with Crippen molar-refractivity contribution >= 4 is 44.7 Å². The van der Waals surface area contributed by atoms with Gasteiger partial charge in [-0.25, -0.2) is 4.79 Å². The molecule has 11 nitrogen and oxygen atoms in total. The van der Waals surface area contributed by atoms with E-state index in [-0.39, 0.29) is 18.4 Å². The molecular formula is C18H23N2O9P. The Morgan fingerprint density at radius 1 is 1.10 bits per heavy atom. The molecule has 1 aliphatic heterocycles. The minimum Gasteiger partial charge on any atom is -0.375 e. The molecule has 2 aliphatic rings. The van der Waals surface area contributed by atoms with Crippen molar-refractivity contribution in [1.29, 1.82) is 0 Å². The average molecular weight is 442 g/mol. The maximum Gasteiger partial charge on any atom is 0.538 e. The largest absolute Gasteiger partial charge is 0.538 e.